The number of hydrogen-bond donors (Lipinski definition) is 1. The lowest BCUT2D eigenvalue weighted by Crippen LogP contribution is -2.41. The molecule has 0 aromatic heterocycles. The summed E-state index contributed by atoms with van der Waals surface area (Å²) in [6.07, 6.45) is 2.48. The van der Waals surface area contributed by atoms with E-state index in [1.165, 1.54) is 0 Å². The normalized spacial score (nSPS) is 21.5. The number of nitrogens with two attached hydrogens (primary N) is 1. The minimum absolute atomic E-state index is 0.566. The molecule has 1 aromatic rings. The summed E-state index contributed by atoms with van der Waals surface area (Å²) in [5.41, 5.74) is 5.99. The summed E-state index contributed by atoms with van der Waals surface area (Å²) in [7, 11) is 0. The van der Waals surface area contributed by atoms with Crippen LogP contribution in [0.3, 0.4) is 0 Å². The molecule has 1 aliphatic carbocycles. The summed E-state index contributed by atoms with van der Waals surface area (Å²) in [6.45, 7) is 0. The fraction of sp³-hybridized carbons (Fsp3) is 0.500. The van der Waals surface area contributed by atoms with E-state index < -0.39 is 11.7 Å². The van der Waals surface area contributed by atoms with Crippen molar-refractivity contribution < 1.29 is 4.39 Å². The van der Waals surface area contributed by atoms with Gasteiger partial charge in [-0.05, 0) is 30.5 Å². The number of benzene rings is 1. The van der Waals surface area contributed by atoms with Crippen LogP contribution in [0.4, 0.5) is 4.39 Å². The fourth-order valence-electron chi connectivity index (χ4n) is 2.28. The van der Waals surface area contributed by atoms with Gasteiger partial charge in [0.2, 0.25) is 0 Å². The Kier molecular flexibility index (Phi) is 2.98. The second-order valence-electron chi connectivity index (χ2n) is 4.36. The monoisotopic (exact) mass is 227 g/mol. The fourth-order valence-corrected chi connectivity index (χ4v) is 2.48. The minimum atomic E-state index is -1.10. The van der Waals surface area contributed by atoms with E-state index >= 15 is 0 Å². The SMILES string of the molecule is NC1(C(F)c2cccc(Cl)c2)CCCC1. The van der Waals surface area contributed by atoms with Crippen molar-refractivity contribution in [2.24, 2.45) is 5.73 Å². The molecule has 2 N–H and O–H groups in total. The summed E-state index contributed by atoms with van der Waals surface area (Å²) in [6, 6.07) is 6.93. The van der Waals surface area contributed by atoms with Gasteiger partial charge in [-0.15, -0.1) is 0 Å². The second-order valence-corrected chi connectivity index (χ2v) is 4.79. The second kappa shape index (κ2) is 4.11. The Morgan fingerprint density at radius 2 is 2.00 bits per heavy atom. The molecule has 1 saturated carbocycles. The van der Waals surface area contributed by atoms with E-state index in [1.807, 2.05) is 0 Å². The highest BCUT2D eigenvalue weighted by Crippen LogP contribution is 2.40. The molecule has 3 heteroatoms. The van der Waals surface area contributed by atoms with Crippen LogP contribution in [0.5, 0.6) is 0 Å². The molecule has 0 radical (unpaired) electrons. The molecule has 0 amide bonds. The van der Waals surface area contributed by atoms with Crippen molar-refractivity contribution in [1.82, 2.24) is 0 Å². The zero-order valence-electron chi connectivity index (χ0n) is 8.55. The number of halogens is 2. The predicted molar refractivity (Wildman–Crippen MR) is 60.7 cm³/mol. The topological polar surface area (TPSA) is 26.0 Å². The Balaban J connectivity index is 2.23. The van der Waals surface area contributed by atoms with Crippen LogP contribution in [0, 0.1) is 0 Å². The highest BCUT2D eigenvalue weighted by molar-refractivity contribution is 6.30. The van der Waals surface area contributed by atoms with Crippen LogP contribution >= 0.6 is 11.6 Å². The molecule has 1 atom stereocenters. The van der Waals surface area contributed by atoms with Gasteiger partial charge in [-0.2, -0.15) is 0 Å². The Hall–Kier alpha value is -0.600. The first-order chi connectivity index (χ1) is 7.12. The lowest BCUT2D eigenvalue weighted by molar-refractivity contribution is 0.194. The third-order valence-corrected chi connectivity index (χ3v) is 3.42. The standard InChI is InChI=1S/C12H15ClFN/c13-10-5-3-4-9(8-10)11(14)12(15)6-1-2-7-12/h3-5,8,11H,1-2,6-7,15H2. The number of rotatable bonds is 2. The Bertz CT molecular complexity index is 347. The molecule has 82 valence electrons. The molecule has 1 nitrogen and oxygen atoms in total. The maximum Gasteiger partial charge on any atom is 0.143 e. The van der Waals surface area contributed by atoms with Gasteiger partial charge >= 0.3 is 0 Å². The maximum atomic E-state index is 14.2. The molecule has 0 aliphatic heterocycles. The lowest BCUT2D eigenvalue weighted by Gasteiger charge is -2.28. The van der Waals surface area contributed by atoms with E-state index in [2.05, 4.69) is 0 Å². The van der Waals surface area contributed by atoms with Gasteiger partial charge in [-0.3, -0.25) is 0 Å². The van der Waals surface area contributed by atoms with Crippen LogP contribution in [0.25, 0.3) is 0 Å². The Labute approximate surface area is 94.4 Å². The summed E-state index contributed by atoms with van der Waals surface area (Å²) in [5, 5.41) is 0.566. The third-order valence-electron chi connectivity index (χ3n) is 3.18. The van der Waals surface area contributed by atoms with E-state index in [4.69, 9.17) is 17.3 Å². The molecular formula is C12H15ClFN. The molecule has 1 fully saturated rings. The van der Waals surface area contributed by atoms with Crippen LogP contribution in [0.15, 0.2) is 24.3 Å². The zero-order valence-corrected chi connectivity index (χ0v) is 9.30. The first kappa shape index (κ1) is 10.9. The van der Waals surface area contributed by atoms with Crippen LogP contribution in [-0.4, -0.2) is 5.54 Å². The van der Waals surface area contributed by atoms with E-state index in [0.29, 0.717) is 10.6 Å². The average molecular weight is 228 g/mol. The van der Waals surface area contributed by atoms with E-state index in [-0.39, 0.29) is 0 Å². The molecule has 1 aromatic carbocycles. The highest BCUT2D eigenvalue weighted by Gasteiger charge is 2.38. The molecule has 1 aliphatic rings. The van der Waals surface area contributed by atoms with Crippen molar-refractivity contribution in [3.8, 4) is 0 Å². The molecule has 15 heavy (non-hydrogen) atoms. The largest absolute Gasteiger partial charge is 0.322 e. The first-order valence-electron chi connectivity index (χ1n) is 5.30. The summed E-state index contributed by atoms with van der Waals surface area (Å²) < 4.78 is 14.2. The molecule has 0 heterocycles. The minimum Gasteiger partial charge on any atom is -0.322 e. The molecule has 1 unspecified atom stereocenters. The number of hydrogen-bond acceptors (Lipinski definition) is 1. The van der Waals surface area contributed by atoms with E-state index in [1.54, 1.807) is 24.3 Å². The molecule has 0 spiro atoms. The summed E-state index contributed by atoms with van der Waals surface area (Å²) >= 11 is 5.83. The van der Waals surface area contributed by atoms with Crippen molar-refractivity contribution in [2.75, 3.05) is 0 Å². The lowest BCUT2D eigenvalue weighted by atomic mass is 9.88. The first-order valence-corrected chi connectivity index (χ1v) is 5.68. The molecule has 2 rings (SSSR count). The average Bonchev–Trinajstić information content (AvgIpc) is 2.65. The predicted octanol–water partition coefficient (Wildman–Crippen LogP) is 3.62. The van der Waals surface area contributed by atoms with E-state index in [9.17, 15) is 4.39 Å². The van der Waals surface area contributed by atoms with Gasteiger partial charge in [0.05, 0.1) is 5.54 Å². The molecule has 0 saturated heterocycles. The van der Waals surface area contributed by atoms with Gasteiger partial charge in [0, 0.05) is 5.02 Å². The molecular weight excluding hydrogens is 213 g/mol. The van der Waals surface area contributed by atoms with Crippen molar-refractivity contribution in [1.29, 1.82) is 0 Å². The van der Waals surface area contributed by atoms with Gasteiger partial charge < -0.3 is 5.73 Å². The Morgan fingerprint density at radius 1 is 1.33 bits per heavy atom. The van der Waals surface area contributed by atoms with Gasteiger partial charge in [-0.1, -0.05) is 36.6 Å². The molecule has 0 bridgehead atoms. The quantitative estimate of drug-likeness (QED) is 0.821. The summed E-state index contributed by atoms with van der Waals surface area (Å²) in [4.78, 5) is 0. The van der Waals surface area contributed by atoms with Crippen LogP contribution in [0.1, 0.15) is 37.4 Å². The maximum absolute atomic E-state index is 14.2. The van der Waals surface area contributed by atoms with E-state index in [0.717, 1.165) is 25.7 Å². The third kappa shape index (κ3) is 2.16. The van der Waals surface area contributed by atoms with Crippen molar-refractivity contribution in [3.63, 3.8) is 0 Å². The Morgan fingerprint density at radius 3 is 2.60 bits per heavy atom. The van der Waals surface area contributed by atoms with Gasteiger partial charge in [-0.25, -0.2) is 4.39 Å². The smallest absolute Gasteiger partial charge is 0.143 e. The van der Waals surface area contributed by atoms with Crippen LogP contribution in [0.2, 0.25) is 5.02 Å². The van der Waals surface area contributed by atoms with Crippen LogP contribution in [-0.2, 0) is 0 Å². The van der Waals surface area contributed by atoms with Crippen molar-refractivity contribution >= 4 is 11.6 Å². The van der Waals surface area contributed by atoms with Gasteiger partial charge in [0.1, 0.15) is 6.17 Å². The van der Waals surface area contributed by atoms with Gasteiger partial charge in [0.25, 0.3) is 0 Å². The summed E-state index contributed by atoms with van der Waals surface area (Å²) in [5.74, 6) is 0. The zero-order chi connectivity index (χ0) is 10.9. The number of alkyl halides is 1. The van der Waals surface area contributed by atoms with Gasteiger partial charge in [0.15, 0.2) is 0 Å². The van der Waals surface area contributed by atoms with Crippen molar-refractivity contribution in [2.45, 2.75) is 37.4 Å². The highest BCUT2D eigenvalue weighted by atomic mass is 35.5. The van der Waals surface area contributed by atoms with Crippen LogP contribution < -0.4 is 5.73 Å². The van der Waals surface area contributed by atoms with Crippen molar-refractivity contribution in [3.05, 3.63) is 34.9 Å².